The van der Waals surface area contributed by atoms with Crippen molar-refractivity contribution in [3.8, 4) is 0 Å². The number of hydrogen-bond acceptors (Lipinski definition) is 0. The molecule has 0 aromatic rings. The molecule has 0 aromatic carbocycles. The number of rotatable bonds is 3. The number of piperidine rings is 1. The van der Waals surface area contributed by atoms with Crippen molar-refractivity contribution < 1.29 is 4.48 Å². The Morgan fingerprint density at radius 2 is 1.62 bits per heavy atom. The molecule has 0 radical (unpaired) electrons. The number of likely N-dealkylation sites (tertiary alicyclic amines) is 1. The first-order valence-electron chi connectivity index (χ1n) is 6.03. The third-order valence-electron chi connectivity index (χ3n) is 4.23. The van der Waals surface area contributed by atoms with E-state index in [1.165, 1.54) is 43.3 Å². The molecule has 1 heterocycles. The summed E-state index contributed by atoms with van der Waals surface area (Å²) in [5.74, 6) is 0. The Morgan fingerprint density at radius 3 is 2.00 bits per heavy atom. The van der Waals surface area contributed by atoms with Gasteiger partial charge in [0.1, 0.15) is 0 Å². The molecular formula is C12H26N+. The fourth-order valence-electron chi connectivity index (χ4n) is 3.30. The van der Waals surface area contributed by atoms with Crippen molar-refractivity contribution in [2.45, 2.75) is 65.5 Å². The van der Waals surface area contributed by atoms with Gasteiger partial charge in [-0.15, -0.1) is 0 Å². The molecule has 1 aliphatic heterocycles. The fourth-order valence-corrected chi connectivity index (χ4v) is 3.30. The molecular weight excluding hydrogens is 158 g/mol. The molecule has 0 amide bonds. The van der Waals surface area contributed by atoms with E-state index in [0.29, 0.717) is 0 Å². The molecule has 0 saturated carbocycles. The van der Waals surface area contributed by atoms with Crippen molar-refractivity contribution in [3.05, 3.63) is 0 Å². The van der Waals surface area contributed by atoms with Gasteiger partial charge in [0.05, 0.1) is 25.2 Å². The first-order valence-corrected chi connectivity index (χ1v) is 6.03. The van der Waals surface area contributed by atoms with Crippen molar-refractivity contribution in [1.29, 1.82) is 0 Å². The van der Waals surface area contributed by atoms with Gasteiger partial charge in [-0.3, -0.25) is 0 Å². The SMILES string of the molecule is CCC[N+]1(CC)C(C)CCCC1C. The Kier molecular flexibility index (Phi) is 3.78. The van der Waals surface area contributed by atoms with Crippen LogP contribution in [0.3, 0.4) is 0 Å². The van der Waals surface area contributed by atoms with E-state index in [0.717, 1.165) is 12.1 Å². The summed E-state index contributed by atoms with van der Waals surface area (Å²) in [4.78, 5) is 0. The topological polar surface area (TPSA) is 0 Å². The lowest BCUT2D eigenvalue weighted by Crippen LogP contribution is -2.61. The Hall–Kier alpha value is -0.0400. The summed E-state index contributed by atoms with van der Waals surface area (Å²) in [5.41, 5.74) is 0. The van der Waals surface area contributed by atoms with Crippen LogP contribution in [0, 0.1) is 0 Å². The lowest BCUT2D eigenvalue weighted by molar-refractivity contribution is -0.973. The van der Waals surface area contributed by atoms with E-state index in [9.17, 15) is 0 Å². The largest absolute Gasteiger partial charge is 0.319 e. The van der Waals surface area contributed by atoms with Crippen LogP contribution in [0.2, 0.25) is 0 Å². The Bertz CT molecular complexity index is 143. The van der Waals surface area contributed by atoms with Gasteiger partial charge in [-0.1, -0.05) is 6.92 Å². The van der Waals surface area contributed by atoms with E-state index in [1.807, 2.05) is 0 Å². The minimum Gasteiger partial charge on any atom is -0.319 e. The summed E-state index contributed by atoms with van der Waals surface area (Å²) in [6, 6.07) is 1.79. The Morgan fingerprint density at radius 1 is 1.08 bits per heavy atom. The van der Waals surface area contributed by atoms with Gasteiger partial charge in [-0.2, -0.15) is 0 Å². The molecule has 2 unspecified atom stereocenters. The maximum atomic E-state index is 2.45. The zero-order chi connectivity index (χ0) is 9.90. The average Bonchev–Trinajstić information content (AvgIpc) is 2.12. The molecule has 1 nitrogen and oxygen atoms in total. The van der Waals surface area contributed by atoms with Gasteiger partial charge >= 0.3 is 0 Å². The van der Waals surface area contributed by atoms with E-state index >= 15 is 0 Å². The first-order chi connectivity index (χ1) is 6.17. The van der Waals surface area contributed by atoms with Crippen LogP contribution in [0.15, 0.2) is 0 Å². The molecule has 0 N–H and O–H groups in total. The van der Waals surface area contributed by atoms with E-state index in [-0.39, 0.29) is 0 Å². The van der Waals surface area contributed by atoms with Crippen LogP contribution >= 0.6 is 0 Å². The second-order valence-electron chi connectivity index (χ2n) is 4.77. The van der Waals surface area contributed by atoms with Crippen LogP contribution in [0.4, 0.5) is 0 Å². The summed E-state index contributed by atoms with van der Waals surface area (Å²) in [6.07, 6.45) is 5.67. The smallest absolute Gasteiger partial charge is 0.0863 e. The van der Waals surface area contributed by atoms with Crippen molar-refractivity contribution in [1.82, 2.24) is 0 Å². The van der Waals surface area contributed by atoms with Crippen LogP contribution in [0.5, 0.6) is 0 Å². The highest BCUT2D eigenvalue weighted by Gasteiger charge is 2.39. The van der Waals surface area contributed by atoms with Gasteiger partial charge in [0, 0.05) is 0 Å². The third kappa shape index (κ3) is 1.90. The minimum atomic E-state index is 0.897. The molecule has 1 saturated heterocycles. The number of nitrogens with zero attached hydrogens (tertiary/aromatic N) is 1. The van der Waals surface area contributed by atoms with Crippen LogP contribution in [0.1, 0.15) is 53.4 Å². The zero-order valence-corrected chi connectivity index (χ0v) is 9.84. The molecule has 1 heteroatoms. The van der Waals surface area contributed by atoms with Crippen molar-refractivity contribution in [3.63, 3.8) is 0 Å². The normalized spacial score (nSPS) is 40.6. The highest BCUT2D eigenvalue weighted by Crippen LogP contribution is 2.31. The molecule has 0 spiro atoms. The summed E-state index contributed by atoms with van der Waals surface area (Å²) in [5, 5.41) is 0. The molecule has 78 valence electrons. The second kappa shape index (κ2) is 4.45. The van der Waals surface area contributed by atoms with E-state index in [2.05, 4.69) is 27.7 Å². The van der Waals surface area contributed by atoms with Gasteiger partial charge in [-0.25, -0.2) is 0 Å². The molecule has 2 atom stereocenters. The summed E-state index contributed by atoms with van der Waals surface area (Å²) >= 11 is 0. The van der Waals surface area contributed by atoms with Gasteiger partial charge < -0.3 is 4.48 Å². The Balaban J connectivity index is 2.76. The minimum absolute atomic E-state index is 0.897. The van der Waals surface area contributed by atoms with Crippen LogP contribution < -0.4 is 0 Å². The highest BCUT2D eigenvalue weighted by atomic mass is 15.4. The molecule has 1 rings (SSSR count). The summed E-state index contributed by atoms with van der Waals surface area (Å²) in [6.45, 7) is 12.3. The van der Waals surface area contributed by atoms with Gasteiger partial charge in [-0.05, 0) is 46.5 Å². The lowest BCUT2D eigenvalue weighted by atomic mass is 9.93. The van der Waals surface area contributed by atoms with Crippen LogP contribution in [0.25, 0.3) is 0 Å². The molecule has 1 aliphatic rings. The lowest BCUT2D eigenvalue weighted by Gasteiger charge is -2.50. The van der Waals surface area contributed by atoms with E-state index in [1.54, 1.807) is 0 Å². The van der Waals surface area contributed by atoms with Crippen LogP contribution in [-0.2, 0) is 0 Å². The first kappa shape index (κ1) is 11.0. The van der Waals surface area contributed by atoms with Crippen molar-refractivity contribution in [2.75, 3.05) is 13.1 Å². The average molecular weight is 184 g/mol. The maximum Gasteiger partial charge on any atom is 0.0863 e. The maximum absolute atomic E-state index is 2.45. The quantitative estimate of drug-likeness (QED) is 0.591. The van der Waals surface area contributed by atoms with Gasteiger partial charge in [0.25, 0.3) is 0 Å². The highest BCUT2D eigenvalue weighted by molar-refractivity contribution is 4.68. The molecule has 1 fully saturated rings. The third-order valence-corrected chi connectivity index (χ3v) is 4.23. The molecule has 0 aromatic heterocycles. The van der Waals surface area contributed by atoms with Crippen molar-refractivity contribution in [2.24, 2.45) is 0 Å². The van der Waals surface area contributed by atoms with Gasteiger partial charge in [0.2, 0.25) is 0 Å². The van der Waals surface area contributed by atoms with Crippen molar-refractivity contribution >= 4 is 0 Å². The predicted molar refractivity (Wildman–Crippen MR) is 58.7 cm³/mol. The fraction of sp³-hybridized carbons (Fsp3) is 1.00. The Labute approximate surface area is 83.7 Å². The number of hydrogen-bond donors (Lipinski definition) is 0. The zero-order valence-electron chi connectivity index (χ0n) is 9.84. The molecule has 0 bridgehead atoms. The molecule has 13 heavy (non-hydrogen) atoms. The van der Waals surface area contributed by atoms with Gasteiger partial charge in [0.15, 0.2) is 0 Å². The second-order valence-corrected chi connectivity index (χ2v) is 4.77. The summed E-state index contributed by atoms with van der Waals surface area (Å²) < 4.78 is 1.39. The molecule has 0 aliphatic carbocycles. The number of quaternary nitrogens is 1. The predicted octanol–water partition coefficient (Wildman–Crippen LogP) is 3.19. The van der Waals surface area contributed by atoms with E-state index < -0.39 is 0 Å². The van der Waals surface area contributed by atoms with Crippen LogP contribution in [-0.4, -0.2) is 29.7 Å². The summed E-state index contributed by atoms with van der Waals surface area (Å²) in [7, 11) is 0. The standard InChI is InChI=1S/C12H26N/c1-5-10-13(6-2)11(3)8-7-9-12(13)4/h11-12H,5-10H2,1-4H3/q+1. The monoisotopic (exact) mass is 184 g/mol. The van der Waals surface area contributed by atoms with E-state index in [4.69, 9.17) is 0 Å².